The minimum absolute atomic E-state index is 0.434. The van der Waals surface area contributed by atoms with Gasteiger partial charge < -0.3 is 14.8 Å². The number of carbonyl (C=O) groups excluding carboxylic acids is 2. The molecule has 16 heavy (non-hydrogen) atoms. The van der Waals surface area contributed by atoms with E-state index in [1.54, 1.807) is 18.2 Å². The Bertz CT molecular complexity index is 414. The fourth-order valence-corrected chi connectivity index (χ4v) is 1.17. The normalized spacial score (nSPS) is 9.44. The maximum absolute atomic E-state index is 11.3. The van der Waals surface area contributed by atoms with Crippen molar-refractivity contribution in [1.29, 1.82) is 0 Å². The molecule has 1 N–H and O–H groups in total. The summed E-state index contributed by atoms with van der Waals surface area (Å²) in [5, 5.41) is 2.40. The predicted octanol–water partition coefficient (Wildman–Crippen LogP) is 1.12. The number of esters is 1. The number of anilines is 1. The van der Waals surface area contributed by atoms with Crippen molar-refractivity contribution < 1.29 is 19.1 Å². The number of hydrogen-bond donors (Lipinski definition) is 1. The molecule has 1 amide bonds. The molecule has 0 aliphatic carbocycles. The smallest absolute Gasteiger partial charge is 0.396 e. The van der Waals surface area contributed by atoms with Gasteiger partial charge in [-0.2, -0.15) is 0 Å². The minimum Gasteiger partial charge on any atom is -0.495 e. The third kappa shape index (κ3) is 2.73. The highest BCUT2D eigenvalue weighted by molar-refractivity contribution is 6.37. The van der Waals surface area contributed by atoms with Crippen LogP contribution in [-0.2, 0) is 14.3 Å². The molecule has 1 aromatic rings. The average Bonchev–Trinajstić information content (AvgIpc) is 2.30. The summed E-state index contributed by atoms with van der Waals surface area (Å²) < 4.78 is 9.36. The molecular formula is C11H13NO4. The number of methoxy groups -OCH3 is 2. The number of ether oxygens (including phenoxy) is 2. The van der Waals surface area contributed by atoms with Crippen LogP contribution < -0.4 is 10.1 Å². The summed E-state index contributed by atoms with van der Waals surface area (Å²) in [6, 6.07) is 5.22. The highest BCUT2D eigenvalue weighted by atomic mass is 16.5. The van der Waals surface area contributed by atoms with Gasteiger partial charge in [0, 0.05) is 0 Å². The lowest BCUT2D eigenvalue weighted by atomic mass is 10.2. The van der Waals surface area contributed by atoms with Crippen LogP contribution in [0.25, 0.3) is 0 Å². The van der Waals surface area contributed by atoms with Crippen LogP contribution in [-0.4, -0.2) is 26.1 Å². The van der Waals surface area contributed by atoms with Gasteiger partial charge in [-0.1, -0.05) is 6.07 Å². The molecule has 0 radical (unpaired) electrons. The quantitative estimate of drug-likeness (QED) is 0.602. The molecule has 0 heterocycles. The molecule has 0 atom stereocenters. The molecule has 86 valence electrons. The maximum Gasteiger partial charge on any atom is 0.396 e. The molecular weight excluding hydrogens is 210 g/mol. The predicted molar refractivity (Wildman–Crippen MR) is 58.4 cm³/mol. The van der Waals surface area contributed by atoms with E-state index < -0.39 is 11.9 Å². The molecule has 0 fully saturated rings. The Labute approximate surface area is 93.4 Å². The molecule has 0 saturated heterocycles. The Balaban J connectivity index is 2.89. The molecule has 0 saturated carbocycles. The van der Waals surface area contributed by atoms with Crippen molar-refractivity contribution in [3.8, 4) is 5.75 Å². The fourth-order valence-electron chi connectivity index (χ4n) is 1.17. The largest absolute Gasteiger partial charge is 0.495 e. The van der Waals surface area contributed by atoms with Gasteiger partial charge in [0.2, 0.25) is 0 Å². The molecule has 1 aromatic carbocycles. The van der Waals surface area contributed by atoms with E-state index in [0.717, 1.165) is 12.7 Å². The number of benzene rings is 1. The van der Waals surface area contributed by atoms with E-state index in [9.17, 15) is 9.59 Å². The van der Waals surface area contributed by atoms with E-state index in [0.29, 0.717) is 11.4 Å². The fraction of sp³-hybridized carbons (Fsp3) is 0.273. The summed E-state index contributed by atoms with van der Waals surface area (Å²) >= 11 is 0. The number of rotatable bonds is 2. The average molecular weight is 223 g/mol. The van der Waals surface area contributed by atoms with Gasteiger partial charge in [0.15, 0.2) is 0 Å². The van der Waals surface area contributed by atoms with Crippen LogP contribution in [0.1, 0.15) is 5.56 Å². The summed E-state index contributed by atoms with van der Waals surface area (Å²) in [4.78, 5) is 22.2. The first-order chi connectivity index (χ1) is 7.58. The van der Waals surface area contributed by atoms with E-state index in [2.05, 4.69) is 10.1 Å². The lowest BCUT2D eigenvalue weighted by Gasteiger charge is -2.09. The number of amides is 1. The Hall–Kier alpha value is -2.04. The van der Waals surface area contributed by atoms with Crippen LogP contribution in [0, 0.1) is 6.92 Å². The van der Waals surface area contributed by atoms with Gasteiger partial charge in [0.1, 0.15) is 5.75 Å². The zero-order chi connectivity index (χ0) is 12.1. The number of carbonyl (C=O) groups is 2. The number of hydrogen-bond acceptors (Lipinski definition) is 4. The summed E-state index contributed by atoms with van der Waals surface area (Å²) in [6.07, 6.45) is 0. The zero-order valence-electron chi connectivity index (χ0n) is 9.37. The van der Waals surface area contributed by atoms with E-state index in [4.69, 9.17) is 4.74 Å². The lowest BCUT2D eigenvalue weighted by Crippen LogP contribution is -2.24. The summed E-state index contributed by atoms with van der Waals surface area (Å²) in [6.45, 7) is 1.90. The van der Waals surface area contributed by atoms with E-state index >= 15 is 0 Å². The summed E-state index contributed by atoms with van der Waals surface area (Å²) in [5.74, 6) is -1.27. The first kappa shape index (κ1) is 12.0. The van der Waals surface area contributed by atoms with E-state index in [1.807, 2.05) is 6.92 Å². The standard InChI is InChI=1S/C11H13NO4/c1-7-4-5-8(9(6-7)15-2)12-10(13)11(14)16-3/h4-6H,1-3H3,(H,12,13). The van der Waals surface area contributed by atoms with Gasteiger partial charge in [0.25, 0.3) is 0 Å². The van der Waals surface area contributed by atoms with Gasteiger partial charge >= 0.3 is 11.9 Å². The van der Waals surface area contributed by atoms with Gasteiger partial charge in [-0.15, -0.1) is 0 Å². The first-order valence-corrected chi connectivity index (χ1v) is 4.62. The Morgan fingerprint density at radius 1 is 1.25 bits per heavy atom. The van der Waals surface area contributed by atoms with Crippen LogP contribution in [0.5, 0.6) is 5.75 Å². The number of aryl methyl sites for hydroxylation is 1. The number of nitrogens with one attached hydrogen (secondary N) is 1. The highest BCUT2D eigenvalue weighted by Crippen LogP contribution is 2.25. The zero-order valence-corrected chi connectivity index (χ0v) is 9.37. The van der Waals surface area contributed by atoms with Crippen molar-refractivity contribution in [2.45, 2.75) is 6.92 Å². The molecule has 5 heteroatoms. The van der Waals surface area contributed by atoms with Crippen molar-refractivity contribution in [2.75, 3.05) is 19.5 Å². The van der Waals surface area contributed by atoms with Crippen molar-refractivity contribution >= 4 is 17.6 Å². The molecule has 0 aliphatic rings. The Morgan fingerprint density at radius 3 is 2.50 bits per heavy atom. The molecule has 0 spiro atoms. The molecule has 0 unspecified atom stereocenters. The summed E-state index contributed by atoms with van der Waals surface area (Å²) in [7, 11) is 2.64. The lowest BCUT2D eigenvalue weighted by molar-refractivity contribution is -0.150. The van der Waals surface area contributed by atoms with Crippen LogP contribution in [0.2, 0.25) is 0 Å². The second-order valence-corrected chi connectivity index (χ2v) is 3.15. The van der Waals surface area contributed by atoms with Crippen molar-refractivity contribution in [3.05, 3.63) is 23.8 Å². The third-order valence-corrected chi connectivity index (χ3v) is 1.98. The van der Waals surface area contributed by atoms with Crippen LogP contribution in [0.15, 0.2) is 18.2 Å². The van der Waals surface area contributed by atoms with E-state index in [1.165, 1.54) is 7.11 Å². The summed E-state index contributed by atoms with van der Waals surface area (Å²) in [5.41, 5.74) is 1.43. The Kier molecular flexibility index (Phi) is 3.88. The molecule has 5 nitrogen and oxygen atoms in total. The Morgan fingerprint density at radius 2 is 1.94 bits per heavy atom. The van der Waals surface area contributed by atoms with Crippen molar-refractivity contribution in [1.82, 2.24) is 0 Å². The SMILES string of the molecule is COC(=O)C(=O)Nc1ccc(C)cc1OC. The molecule has 0 bridgehead atoms. The van der Waals surface area contributed by atoms with Crippen molar-refractivity contribution in [2.24, 2.45) is 0 Å². The molecule has 0 aliphatic heterocycles. The highest BCUT2D eigenvalue weighted by Gasteiger charge is 2.15. The van der Waals surface area contributed by atoms with Crippen LogP contribution in [0.3, 0.4) is 0 Å². The van der Waals surface area contributed by atoms with Gasteiger partial charge in [0.05, 0.1) is 19.9 Å². The van der Waals surface area contributed by atoms with Gasteiger partial charge in [-0.05, 0) is 24.6 Å². The second-order valence-electron chi connectivity index (χ2n) is 3.15. The monoisotopic (exact) mass is 223 g/mol. The topological polar surface area (TPSA) is 64.6 Å². The molecule has 1 rings (SSSR count). The van der Waals surface area contributed by atoms with Gasteiger partial charge in [-0.25, -0.2) is 4.79 Å². The van der Waals surface area contributed by atoms with Gasteiger partial charge in [-0.3, -0.25) is 4.79 Å². The maximum atomic E-state index is 11.3. The van der Waals surface area contributed by atoms with Crippen LogP contribution >= 0.6 is 0 Å². The van der Waals surface area contributed by atoms with E-state index in [-0.39, 0.29) is 0 Å². The van der Waals surface area contributed by atoms with Crippen LogP contribution in [0.4, 0.5) is 5.69 Å². The minimum atomic E-state index is -0.942. The first-order valence-electron chi connectivity index (χ1n) is 4.62. The second kappa shape index (κ2) is 5.16. The van der Waals surface area contributed by atoms with Crippen molar-refractivity contribution in [3.63, 3.8) is 0 Å². The molecule has 0 aromatic heterocycles. The third-order valence-electron chi connectivity index (χ3n) is 1.98.